The van der Waals surface area contributed by atoms with Crippen LogP contribution in [-0.4, -0.2) is 0 Å². The Morgan fingerprint density at radius 2 is 1.53 bits per heavy atom. The van der Waals surface area contributed by atoms with Crippen molar-refractivity contribution in [2.75, 3.05) is 0 Å². The molecular formula is C14H8F2O. The topological polar surface area (TPSA) is 9.23 Å². The standard InChI is InChI=1S/C14H8F2O/c1-2-10-3-5-11(6-4-10)17-12-7-8-13(15)14(16)9-12/h1,3-9H. The fourth-order valence-corrected chi connectivity index (χ4v) is 1.30. The third kappa shape index (κ3) is 2.61. The SMILES string of the molecule is C#Cc1ccc(Oc2ccc(F)c(F)c2)cc1. The van der Waals surface area contributed by atoms with Crippen molar-refractivity contribution in [2.45, 2.75) is 0 Å². The summed E-state index contributed by atoms with van der Waals surface area (Å²) in [5, 5.41) is 0. The molecule has 0 atom stereocenters. The molecule has 0 saturated carbocycles. The summed E-state index contributed by atoms with van der Waals surface area (Å²) in [6, 6.07) is 10.1. The lowest BCUT2D eigenvalue weighted by atomic mass is 10.2. The lowest BCUT2D eigenvalue weighted by Crippen LogP contribution is -1.88. The monoisotopic (exact) mass is 230 g/mol. The molecule has 1 nitrogen and oxygen atoms in total. The predicted molar refractivity (Wildman–Crippen MR) is 60.8 cm³/mol. The molecule has 2 aromatic rings. The summed E-state index contributed by atoms with van der Waals surface area (Å²) in [6.07, 6.45) is 5.21. The summed E-state index contributed by atoms with van der Waals surface area (Å²) >= 11 is 0. The van der Waals surface area contributed by atoms with Crippen LogP contribution in [0.4, 0.5) is 8.78 Å². The van der Waals surface area contributed by atoms with Gasteiger partial charge in [0.1, 0.15) is 11.5 Å². The zero-order chi connectivity index (χ0) is 12.3. The van der Waals surface area contributed by atoms with E-state index in [0.29, 0.717) is 5.75 Å². The molecule has 84 valence electrons. The molecule has 2 aromatic carbocycles. The molecule has 0 bridgehead atoms. The van der Waals surface area contributed by atoms with Crippen LogP contribution in [0.15, 0.2) is 42.5 Å². The summed E-state index contributed by atoms with van der Waals surface area (Å²) < 4.78 is 30.9. The van der Waals surface area contributed by atoms with Gasteiger partial charge >= 0.3 is 0 Å². The highest BCUT2D eigenvalue weighted by molar-refractivity contribution is 5.38. The van der Waals surface area contributed by atoms with E-state index in [2.05, 4.69) is 5.92 Å². The number of ether oxygens (including phenoxy) is 1. The maximum Gasteiger partial charge on any atom is 0.162 e. The minimum Gasteiger partial charge on any atom is -0.457 e. The number of hydrogen-bond donors (Lipinski definition) is 0. The van der Waals surface area contributed by atoms with Crippen LogP contribution in [-0.2, 0) is 0 Å². The molecule has 0 aliphatic heterocycles. The van der Waals surface area contributed by atoms with Gasteiger partial charge in [-0.15, -0.1) is 6.42 Å². The predicted octanol–water partition coefficient (Wildman–Crippen LogP) is 3.74. The van der Waals surface area contributed by atoms with Crippen LogP contribution in [0.2, 0.25) is 0 Å². The Labute approximate surface area is 97.7 Å². The van der Waals surface area contributed by atoms with E-state index in [1.165, 1.54) is 6.07 Å². The first-order chi connectivity index (χ1) is 8.19. The van der Waals surface area contributed by atoms with Gasteiger partial charge in [0.15, 0.2) is 11.6 Å². The second-order valence-corrected chi connectivity index (χ2v) is 3.35. The average Bonchev–Trinajstić information content (AvgIpc) is 2.35. The van der Waals surface area contributed by atoms with Crippen molar-refractivity contribution in [3.8, 4) is 23.8 Å². The molecule has 0 heterocycles. The van der Waals surface area contributed by atoms with Crippen molar-refractivity contribution in [3.63, 3.8) is 0 Å². The van der Waals surface area contributed by atoms with Gasteiger partial charge in [0.05, 0.1) is 0 Å². The first kappa shape index (κ1) is 11.2. The van der Waals surface area contributed by atoms with E-state index in [9.17, 15) is 8.78 Å². The summed E-state index contributed by atoms with van der Waals surface area (Å²) in [7, 11) is 0. The smallest absolute Gasteiger partial charge is 0.162 e. The summed E-state index contributed by atoms with van der Waals surface area (Å²) in [6.45, 7) is 0. The van der Waals surface area contributed by atoms with Crippen LogP contribution in [0.3, 0.4) is 0 Å². The first-order valence-electron chi connectivity index (χ1n) is 4.88. The minimum atomic E-state index is -0.942. The fourth-order valence-electron chi connectivity index (χ4n) is 1.30. The highest BCUT2D eigenvalue weighted by atomic mass is 19.2. The maximum absolute atomic E-state index is 12.9. The van der Waals surface area contributed by atoms with Crippen molar-refractivity contribution in [1.29, 1.82) is 0 Å². The molecule has 0 amide bonds. The third-order valence-corrected chi connectivity index (χ3v) is 2.15. The van der Waals surface area contributed by atoms with Gasteiger partial charge in [-0.3, -0.25) is 0 Å². The Kier molecular flexibility index (Phi) is 3.06. The van der Waals surface area contributed by atoms with E-state index in [0.717, 1.165) is 17.7 Å². The van der Waals surface area contributed by atoms with Crippen molar-refractivity contribution >= 4 is 0 Å². The number of terminal acetylenes is 1. The first-order valence-corrected chi connectivity index (χ1v) is 4.88. The molecule has 3 heteroatoms. The molecule has 17 heavy (non-hydrogen) atoms. The number of benzene rings is 2. The van der Waals surface area contributed by atoms with Crippen molar-refractivity contribution < 1.29 is 13.5 Å². The average molecular weight is 230 g/mol. The quantitative estimate of drug-likeness (QED) is 0.714. The number of hydrogen-bond acceptors (Lipinski definition) is 1. The molecule has 0 N–H and O–H groups in total. The van der Waals surface area contributed by atoms with Gasteiger partial charge in [0.2, 0.25) is 0 Å². The van der Waals surface area contributed by atoms with Gasteiger partial charge in [-0.05, 0) is 36.4 Å². The summed E-state index contributed by atoms with van der Waals surface area (Å²) in [5.41, 5.74) is 0.725. The second-order valence-electron chi connectivity index (χ2n) is 3.35. The number of halogens is 2. The van der Waals surface area contributed by atoms with Crippen LogP contribution in [0.1, 0.15) is 5.56 Å². The Balaban J connectivity index is 2.20. The van der Waals surface area contributed by atoms with E-state index in [1.54, 1.807) is 24.3 Å². The van der Waals surface area contributed by atoms with Crippen LogP contribution >= 0.6 is 0 Å². The number of rotatable bonds is 2. The molecule has 0 radical (unpaired) electrons. The molecule has 0 aromatic heterocycles. The Bertz CT molecular complexity index is 568. The fraction of sp³-hybridized carbons (Fsp3) is 0. The van der Waals surface area contributed by atoms with E-state index in [-0.39, 0.29) is 5.75 Å². The minimum absolute atomic E-state index is 0.234. The van der Waals surface area contributed by atoms with Crippen molar-refractivity contribution in [2.24, 2.45) is 0 Å². The normalized spacial score (nSPS) is 9.71. The molecule has 0 unspecified atom stereocenters. The highest BCUT2D eigenvalue weighted by Gasteiger charge is 2.04. The van der Waals surface area contributed by atoms with Gasteiger partial charge in [-0.25, -0.2) is 8.78 Å². The zero-order valence-electron chi connectivity index (χ0n) is 8.78. The van der Waals surface area contributed by atoms with Gasteiger partial charge < -0.3 is 4.74 Å². The van der Waals surface area contributed by atoms with E-state index in [4.69, 9.17) is 11.2 Å². The Hall–Kier alpha value is -2.34. The Morgan fingerprint density at radius 1 is 0.882 bits per heavy atom. The second kappa shape index (κ2) is 4.67. The molecule has 2 rings (SSSR count). The van der Waals surface area contributed by atoms with E-state index < -0.39 is 11.6 Å². The lowest BCUT2D eigenvalue weighted by molar-refractivity contribution is 0.461. The molecule has 0 aliphatic carbocycles. The molecule has 0 aliphatic rings. The molecular weight excluding hydrogens is 222 g/mol. The van der Waals surface area contributed by atoms with Crippen LogP contribution in [0.5, 0.6) is 11.5 Å². The van der Waals surface area contributed by atoms with Gasteiger partial charge in [0.25, 0.3) is 0 Å². The van der Waals surface area contributed by atoms with Crippen molar-refractivity contribution in [1.82, 2.24) is 0 Å². The molecule has 0 spiro atoms. The van der Waals surface area contributed by atoms with Gasteiger partial charge in [-0.1, -0.05) is 5.92 Å². The van der Waals surface area contributed by atoms with E-state index >= 15 is 0 Å². The molecule has 0 saturated heterocycles. The van der Waals surface area contributed by atoms with Gasteiger partial charge in [-0.2, -0.15) is 0 Å². The largest absolute Gasteiger partial charge is 0.457 e. The summed E-state index contributed by atoms with van der Waals surface area (Å²) in [4.78, 5) is 0. The highest BCUT2D eigenvalue weighted by Crippen LogP contribution is 2.23. The Morgan fingerprint density at radius 3 is 2.12 bits per heavy atom. The van der Waals surface area contributed by atoms with Crippen LogP contribution in [0.25, 0.3) is 0 Å². The zero-order valence-corrected chi connectivity index (χ0v) is 8.78. The maximum atomic E-state index is 12.9. The lowest BCUT2D eigenvalue weighted by Gasteiger charge is -2.05. The molecule has 0 fully saturated rings. The third-order valence-electron chi connectivity index (χ3n) is 2.15. The van der Waals surface area contributed by atoms with E-state index in [1.807, 2.05) is 0 Å². The van der Waals surface area contributed by atoms with Gasteiger partial charge in [0, 0.05) is 11.6 Å². The van der Waals surface area contributed by atoms with Crippen molar-refractivity contribution in [3.05, 3.63) is 59.7 Å². The summed E-state index contributed by atoms with van der Waals surface area (Å²) in [5.74, 6) is 1.37. The van der Waals surface area contributed by atoms with Crippen LogP contribution in [0, 0.1) is 24.0 Å². The van der Waals surface area contributed by atoms with Crippen LogP contribution < -0.4 is 4.74 Å².